The van der Waals surface area contributed by atoms with Crippen LogP contribution in [0.15, 0.2) is 30.3 Å². The average Bonchev–Trinajstić information content (AvgIpc) is 2.92. The van der Waals surface area contributed by atoms with Gasteiger partial charge in [0.05, 0.1) is 17.9 Å². The molecule has 2 aliphatic rings. The van der Waals surface area contributed by atoms with Gasteiger partial charge in [-0.15, -0.1) is 0 Å². The Hall–Kier alpha value is -1.74. The number of likely N-dealkylation sites (tertiary alicyclic amines) is 1. The van der Waals surface area contributed by atoms with Crippen LogP contribution in [0, 0.1) is 11.8 Å². The lowest BCUT2D eigenvalue weighted by atomic mass is 9.81. The second kappa shape index (κ2) is 9.38. The number of hydrogen-bond acceptors (Lipinski definition) is 5. The molecule has 1 aromatic carbocycles. The van der Waals surface area contributed by atoms with Gasteiger partial charge in [0.2, 0.25) is 11.8 Å². The zero-order chi connectivity index (χ0) is 21.1. The monoisotopic (exact) mass is 528 g/mol. The average molecular weight is 530 g/mol. The number of imide groups is 1. The van der Waals surface area contributed by atoms with Crippen molar-refractivity contribution in [2.75, 3.05) is 13.2 Å². The van der Waals surface area contributed by atoms with Gasteiger partial charge in [0.1, 0.15) is 6.54 Å². The van der Waals surface area contributed by atoms with Crippen LogP contribution in [0.4, 0.5) is 0 Å². The summed E-state index contributed by atoms with van der Waals surface area (Å²) in [6, 6.07) is 9.16. The summed E-state index contributed by atoms with van der Waals surface area (Å²) in [5, 5.41) is 2.74. The van der Waals surface area contributed by atoms with Crippen molar-refractivity contribution < 1.29 is 23.9 Å². The number of benzene rings is 1. The highest BCUT2D eigenvalue weighted by Crippen LogP contribution is 2.43. The zero-order valence-corrected chi connectivity index (χ0v) is 19.0. The number of esters is 1. The van der Waals surface area contributed by atoms with Gasteiger partial charge in [-0.05, 0) is 25.3 Å². The molecule has 3 amide bonds. The van der Waals surface area contributed by atoms with Crippen molar-refractivity contribution in [3.05, 3.63) is 35.9 Å². The first-order valence-electron chi connectivity index (χ1n) is 9.41. The first kappa shape index (κ1) is 22.0. The number of hydrogen-bond donors (Lipinski definition) is 1. The molecule has 0 bridgehead atoms. The van der Waals surface area contributed by atoms with Crippen LogP contribution in [0.2, 0.25) is 0 Å². The van der Waals surface area contributed by atoms with E-state index in [9.17, 15) is 19.2 Å². The van der Waals surface area contributed by atoms with E-state index in [1.807, 2.05) is 37.3 Å². The van der Waals surface area contributed by atoms with Gasteiger partial charge >= 0.3 is 5.97 Å². The van der Waals surface area contributed by atoms with Crippen LogP contribution in [0.1, 0.15) is 31.4 Å². The SMILES string of the molecule is C[C@H](NC(=O)COC(=O)CN1C(=O)[C@@H]2C[C@@H](Br)[C@@H](Br)C[C@H]2C1=O)c1ccccc1. The molecule has 1 N–H and O–H groups in total. The molecule has 7 nitrogen and oxygen atoms in total. The molecule has 9 heteroatoms. The van der Waals surface area contributed by atoms with Gasteiger partial charge in [-0.1, -0.05) is 62.2 Å². The van der Waals surface area contributed by atoms with Crippen LogP contribution in [0.5, 0.6) is 0 Å². The van der Waals surface area contributed by atoms with Crippen LogP contribution < -0.4 is 5.32 Å². The lowest BCUT2D eigenvalue weighted by Gasteiger charge is -2.29. The molecule has 0 unspecified atom stereocenters. The Labute approximate surface area is 185 Å². The molecule has 0 aromatic heterocycles. The summed E-state index contributed by atoms with van der Waals surface area (Å²) in [5.41, 5.74) is 0.929. The predicted molar refractivity (Wildman–Crippen MR) is 112 cm³/mol. The van der Waals surface area contributed by atoms with Gasteiger partial charge in [-0.25, -0.2) is 0 Å². The van der Waals surface area contributed by atoms with Gasteiger partial charge in [0.25, 0.3) is 5.91 Å². The Balaban J connectivity index is 1.49. The van der Waals surface area contributed by atoms with E-state index >= 15 is 0 Å². The van der Waals surface area contributed by atoms with Crippen molar-refractivity contribution in [3.8, 4) is 0 Å². The van der Waals surface area contributed by atoms with Gasteiger partial charge < -0.3 is 10.1 Å². The number of halogens is 2. The third-order valence-corrected chi connectivity index (χ3v) is 8.06. The molecular formula is C20H22Br2N2O5. The molecule has 3 rings (SSSR count). The highest BCUT2D eigenvalue weighted by molar-refractivity contribution is 9.12. The summed E-state index contributed by atoms with van der Waals surface area (Å²) < 4.78 is 4.98. The summed E-state index contributed by atoms with van der Waals surface area (Å²) >= 11 is 7.04. The highest BCUT2D eigenvalue weighted by atomic mass is 79.9. The zero-order valence-electron chi connectivity index (χ0n) is 15.8. The number of carbonyl (C=O) groups is 4. The summed E-state index contributed by atoms with van der Waals surface area (Å²) in [4.78, 5) is 50.4. The number of rotatable bonds is 6. The molecule has 1 saturated carbocycles. The number of fused-ring (bicyclic) bond motifs is 1. The largest absolute Gasteiger partial charge is 0.454 e. The summed E-state index contributed by atoms with van der Waals surface area (Å²) in [7, 11) is 0. The van der Waals surface area contributed by atoms with Gasteiger partial charge in [0, 0.05) is 9.65 Å². The number of carbonyl (C=O) groups excluding carboxylic acids is 4. The van der Waals surface area contributed by atoms with Crippen LogP contribution in [0.25, 0.3) is 0 Å². The lowest BCUT2D eigenvalue weighted by molar-refractivity contribution is -0.155. The number of amides is 3. The maximum atomic E-state index is 12.6. The van der Waals surface area contributed by atoms with Crippen molar-refractivity contribution in [3.63, 3.8) is 0 Å². The Morgan fingerprint density at radius 3 is 2.21 bits per heavy atom. The summed E-state index contributed by atoms with van der Waals surface area (Å²) in [6.45, 7) is 0.894. The Kier molecular flexibility index (Phi) is 7.10. The van der Waals surface area contributed by atoms with Crippen LogP contribution in [-0.4, -0.2) is 51.4 Å². The van der Waals surface area contributed by atoms with Crippen molar-refractivity contribution in [1.29, 1.82) is 0 Å². The van der Waals surface area contributed by atoms with Crippen molar-refractivity contribution in [1.82, 2.24) is 10.2 Å². The smallest absolute Gasteiger partial charge is 0.326 e. The van der Waals surface area contributed by atoms with Crippen LogP contribution in [-0.2, 0) is 23.9 Å². The van der Waals surface area contributed by atoms with Gasteiger partial charge in [-0.3, -0.25) is 24.1 Å². The molecule has 1 heterocycles. The fraction of sp³-hybridized carbons (Fsp3) is 0.500. The third-order valence-electron chi connectivity index (χ3n) is 5.33. The minimum Gasteiger partial charge on any atom is -0.454 e. The van der Waals surface area contributed by atoms with E-state index in [0.717, 1.165) is 10.5 Å². The van der Waals surface area contributed by atoms with E-state index in [1.165, 1.54) is 0 Å². The Bertz CT molecular complexity index is 775. The molecule has 1 aliphatic heterocycles. The van der Waals surface area contributed by atoms with E-state index < -0.39 is 36.9 Å². The molecule has 5 atom stereocenters. The van der Waals surface area contributed by atoms with E-state index in [0.29, 0.717) is 12.8 Å². The van der Waals surface area contributed by atoms with Crippen LogP contribution >= 0.6 is 31.9 Å². The highest BCUT2D eigenvalue weighted by Gasteiger charge is 2.52. The molecule has 0 radical (unpaired) electrons. The number of ether oxygens (including phenoxy) is 1. The number of nitrogens with one attached hydrogen (secondary N) is 1. The second-order valence-corrected chi connectivity index (χ2v) is 9.69. The lowest BCUT2D eigenvalue weighted by Crippen LogP contribution is -2.38. The quantitative estimate of drug-likeness (QED) is 0.347. The fourth-order valence-electron chi connectivity index (χ4n) is 3.75. The Morgan fingerprint density at radius 1 is 1.10 bits per heavy atom. The molecular weight excluding hydrogens is 508 g/mol. The normalized spacial score (nSPS) is 27.3. The number of nitrogens with zero attached hydrogens (tertiary/aromatic N) is 1. The first-order valence-corrected chi connectivity index (χ1v) is 11.2. The third kappa shape index (κ3) is 5.06. The molecule has 0 spiro atoms. The number of alkyl halides is 2. The first-order chi connectivity index (χ1) is 13.8. The van der Waals surface area contributed by atoms with Gasteiger partial charge in [-0.2, -0.15) is 0 Å². The van der Waals surface area contributed by atoms with E-state index in [-0.39, 0.29) is 27.5 Å². The summed E-state index contributed by atoms with van der Waals surface area (Å²) in [5.74, 6) is -2.75. The second-order valence-electron chi connectivity index (χ2n) is 7.34. The molecule has 2 fully saturated rings. The molecule has 1 aliphatic carbocycles. The molecule has 29 heavy (non-hydrogen) atoms. The minimum absolute atomic E-state index is 0.0997. The predicted octanol–water partition coefficient (Wildman–Crippen LogP) is 2.33. The van der Waals surface area contributed by atoms with E-state index in [4.69, 9.17) is 4.74 Å². The van der Waals surface area contributed by atoms with E-state index in [2.05, 4.69) is 37.2 Å². The fourth-order valence-corrected chi connectivity index (χ4v) is 4.99. The molecule has 1 saturated heterocycles. The van der Waals surface area contributed by atoms with Gasteiger partial charge in [0.15, 0.2) is 6.61 Å². The molecule has 1 aromatic rings. The molecule has 156 valence electrons. The van der Waals surface area contributed by atoms with Crippen molar-refractivity contribution in [2.45, 2.75) is 35.5 Å². The standard InChI is InChI=1S/C20H22Br2N2O5/c1-11(12-5-3-2-4-6-12)23-17(25)10-29-18(26)9-24-19(27)13-7-15(21)16(22)8-14(13)20(24)28/h2-6,11,13-16H,7-10H2,1H3,(H,23,25)/t11-,13+,14+,15-,16+/m0/s1. The topological polar surface area (TPSA) is 92.8 Å². The minimum atomic E-state index is -0.779. The Morgan fingerprint density at radius 2 is 1.66 bits per heavy atom. The summed E-state index contributed by atoms with van der Waals surface area (Å²) in [6.07, 6.45) is 1.08. The van der Waals surface area contributed by atoms with E-state index in [1.54, 1.807) is 0 Å². The van der Waals surface area contributed by atoms with Crippen LogP contribution in [0.3, 0.4) is 0 Å². The van der Waals surface area contributed by atoms with Crippen molar-refractivity contribution >= 4 is 55.6 Å². The maximum absolute atomic E-state index is 12.6. The van der Waals surface area contributed by atoms with Crippen molar-refractivity contribution in [2.24, 2.45) is 11.8 Å². The maximum Gasteiger partial charge on any atom is 0.326 e.